The van der Waals surface area contributed by atoms with Crippen molar-refractivity contribution in [2.45, 2.75) is 81.3 Å². The number of hydrogen-bond acceptors (Lipinski definition) is 6. The van der Waals surface area contributed by atoms with Crippen molar-refractivity contribution >= 4 is 0 Å². The highest BCUT2D eigenvalue weighted by atomic mass is 16.6. The van der Waals surface area contributed by atoms with Gasteiger partial charge in [0.05, 0.1) is 0 Å². The number of hydrogen-bond donors (Lipinski definition) is 0. The first-order valence-corrected chi connectivity index (χ1v) is 12.3. The molecule has 0 N–H and O–H groups in total. The van der Waals surface area contributed by atoms with Gasteiger partial charge in [-0.05, 0) is 92.0 Å². The lowest BCUT2D eigenvalue weighted by Crippen LogP contribution is -2.36. The van der Waals surface area contributed by atoms with Crippen molar-refractivity contribution < 1.29 is 4.92 Å². The molecule has 0 aromatic carbocycles. The van der Waals surface area contributed by atoms with Crippen molar-refractivity contribution in [1.29, 1.82) is 0 Å². The minimum absolute atomic E-state index is 0.500. The van der Waals surface area contributed by atoms with Gasteiger partial charge in [-0.2, -0.15) is 0 Å². The zero-order valence-electron chi connectivity index (χ0n) is 23.7. The zero-order chi connectivity index (χ0) is 26.9. The predicted molar refractivity (Wildman–Crippen MR) is 147 cm³/mol. The van der Waals surface area contributed by atoms with Crippen LogP contribution in [-0.2, 0) is 0 Å². The smallest absolute Gasteiger partial charge is 0.194 e. The van der Waals surface area contributed by atoms with Crippen LogP contribution in [0.3, 0.4) is 0 Å². The molecule has 0 atom stereocenters. The summed E-state index contributed by atoms with van der Waals surface area (Å²) in [5.74, 6) is 0. The van der Waals surface area contributed by atoms with Crippen LogP contribution in [0.4, 0.5) is 0 Å². The predicted octanol–water partition coefficient (Wildman–Crippen LogP) is 6.15. The van der Waals surface area contributed by atoms with Gasteiger partial charge in [-0.15, -0.1) is 0 Å². The van der Waals surface area contributed by atoms with Crippen LogP contribution in [-0.4, -0.2) is 70.0 Å². The van der Waals surface area contributed by atoms with Crippen molar-refractivity contribution in [2.24, 2.45) is 0 Å². The minimum atomic E-state index is -0.500. The van der Waals surface area contributed by atoms with E-state index in [1.165, 1.54) is 19.6 Å². The topological polar surface area (TPSA) is 75.4 Å². The average Bonchev–Trinajstić information content (AvgIpc) is 2.77. The highest BCUT2D eigenvalue weighted by molar-refractivity contribution is 5.07. The van der Waals surface area contributed by atoms with E-state index in [0.717, 1.165) is 25.0 Å². The molecule has 2 aromatic heterocycles. The van der Waals surface area contributed by atoms with Crippen molar-refractivity contribution in [3.8, 4) is 0 Å². The Labute approximate surface area is 209 Å². The summed E-state index contributed by atoms with van der Waals surface area (Å²) < 4.78 is 0. The van der Waals surface area contributed by atoms with Gasteiger partial charge in [-0.25, -0.2) is 0 Å². The molecule has 0 amide bonds. The molecule has 2 rings (SSSR count). The Morgan fingerprint density at radius 1 is 0.794 bits per heavy atom. The van der Waals surface area contributed by atoms with E-state index in [9.17, 15) is 0 Å². The summed E-state index contributed by atoms with van der Waals surface area (Å²) in [6, 6.07) is 13.1. The third-order valence-electron chi connectivity index (χ3n) is 4.63. The van der Waals surface area contributed by atoms with Crippen LogP contribution >= 0.6 is 0 Å². The molecule has 0 saturated carbocycles. The van der Waals surface area contributed by atoms with Crippen molar-refractivity contribution in [1.82, 2.24) is 19.8 Å². The Morgan fingerprint density at radius 3 is 1.26 bits per heavy atom. The summed E-state index contributed by atoms with van der Waals surface area (Å²) in [5.41, 5.74) is 2.18. The summed E-state index contributed by atoms with van der Waals surface area (Å²) in [4.78, 5) is 21.1. The first-order valence-electron chi connectivity index (χ1n) is 12.3. The second kappa shape index (κ2) is 25.2. The molecule has 7 nitrogen and oxygen atoms in total. The largest absolute Gasteiger partial charge is 0.304 e. The van der Waals surface area contributed by atoms with E-state index >= 15 is 0 Å². The molecule has 7 heteroatoms. The number of rotatable bonds is 6. The van der Waals surface area contributed by atoms with E-state index < -0.39 is 4.92 Å². The molecule has 0 aliphatic carbocycles. The number of aromatic nitrogens is 2. The van der Waals surface area contributed by atoms with E-state index in [2.05, 4.69) is 75.2 Å². The van der Waals surface area contributed by atoms with Gasteiger partial charge >= 0.3 is 0 Å². The third kappa shape index (κ3) is 27.7. The average molecular weight is 478 g/mol. The van der Waals surface area contributed by atoms with Gasteiger partial charge in [0.15, 0.2) is 7.05 Å². The van der Waals surface area contributed by atoms with E-state index in [1.54, 1.807) is 12.4 Å². The number of aryl methyl sites for hydroxylation is 2. The summed E-state index contributed by atoms with van der Waals surface area (Å²) >= 11 is 0. The number of nitrogens with zero attached hydrogens (tertiary/aromatic N) is 5. The number of pyridine rings is 2. The van der Waals surface area contributed by atoms with Crippen molar-refractivity contribution in [2.75, 3.05) is 33.2 Å². The highest BCUT2D eigenvalue weighted by Gasteiger charge is 2.09. The zero-order valence-corrected chi connectivity index (χ0v) is 23.7. The molecule has 196 valence electrons. The maximum Gasteiger partial charge on any atom is 0.194 e. The van der Waals surface area contributed by atoms with E-state index in [4.69, 9.17) is 10.1 Å². The van der Waals surface area contributed by atoms with Crippen LogP contribution in [0.1, 0.15) is 66.8 Å². The van der Waals surface area contributed by atoms with Gasteiger partial charge in [0.2, 0.25) is 0 Å². The SMILES string of the molecule is CCN(C(C)C)C(C)C.CCN(CC)CC.C[N+](=O)[O-].Cc1cccc(C)n1.c1ccncc1. The quantitative estimate of drug-likeness (QED) is 0.367. The van der Waals surface area contributed by atoms with E-state index in [1.807, 2.05) is 50.2 Å². The molecular formula is C27H51N5O2. The Morgan fingerprint density at radius 2 is 1.18 bits per heavy atom. The monoisotopic (exact) mass is 477 g/mol. The van der Waals surface area contributed by atoms with Gasteiger partial charge in [0.1, 0.15) is 0 Å². The van der Waals surface area contributed by atoms with Crippen molar-refractivity contribution in [3.05, 3.63) is 70.3 Å². The van der Waals surface area contributed by atoms with Crippen molar-refractivity contribution in [3.63, 3.8) is 0 Å². The standard InChI is InChI=1S/C8H19N.C7H9N.C6H15N.C5H5N.CH3NO2/c1-6-9(7(2)3)8(4)5;1-6-4-3-5-7(2)8-6;1-4-7(5-2)6-3;1-2-4-6-5-3-1;1-2(3)4/h7-8H,6H2,1-5H3;3-5H,1-2H3;4-6H2,1-3H3;1-5H;1H3. The van der Waals surface area contributed by atoms with E-state index in [-0.39, 0.29) is 0 Å². The first kappa shape index (κ1) is 36.2. The lowest BCUT2D eigenvalue weighted by Gasteiger charge is -2.28. The molecule has 0 aliphatic rings. The molecule has 0 unspecified atom stereocenters. The van der Waals surface area contributed by atoms with Gasteiger partial charge in [0.25, 0.3) is 0 Å². The third-order valence-corrected chi connectivity index (χ3v) is 4.63. The first-order chi connectivity index (χ1) is 16.0. The van der Waals surface area contributed by atoms with Crippen LogP contribution in [0.25, 0.3) is 0 Å². The Balaban J connectivity index is -0.000000361. The van der Waals surface area contributed by atoms with Gasteiger partial charge in [0, 0.05) is 40.8 Å². The molecule has 2 heterocycles. The molecular weight excluding hydrogens is 426 g/mol. The molecule has 0 fully saturated rings. The molecule has 0 saturated heterocycles. The Hall–Kier alpha value is -2.38. The van der Waals surface area contributed by atoms with Gasteiger partial charge < -0.3 is 4.90 Å². The lowest BCUT2D eigenvalue weighted by atomic mass is 10.2. The molecule has 0 bridgehead atoms. The fourth-order valence-corrected chi connectivity index (χ4v) is 2.99. The summed E-state index contributed by atoms with van der Waals surface area (Å²) in [6.07, 6.45) is 3.50. The van der Waals surface area contributed by atoms with Gasteiger partial charge in [-0.3, -0.25) is 25.0 Å². The fraction of sp³-hybridized carbons (Fsp3) is 0.630. The maximum atomic E-state index is 8.81. The maximum absolute atomic E-state index is 8.81. The summed E-state index contributed by atoms with van der Waals surface area (Å²) in [5, 5.41) is 8.81. The fourth-order valence-electron chi connectivity index (χ4n) is 2.99. The molecule has 0 radical (unpaired) electrons. The molecule has 0 spiro atoms. The molecule has 2 aromatic rings. The minimum Gasteiger partial charge on any atom is -0.304 e. The number of nitro groups is 1. The molecule has 0 aliphatic heterocycles. The van der Waals surface area contributed by atoms with E-state index in [0.29, 0.717) is 12.1 Å². The van der Waals surface area contributed by atoms with Crippen LogP contribution in [0.15, 0.2) is 48.8 Å². The van der Waals surface area contributed by atoms with Crippen LogP contribution in [0.2, 0.25) is 0 Å². The molecule has 34 heavy (non-hydrogen) atoms. The van der Waals surface area contributed by atoms with Crippen LogP contribution < -0.4 is 0 Å². The highest BCUT2D eigenvalue weighted by Crippen LogP contribution is 2.02. The summed E-state index contributed by atoms with van der Waals surface area (Å²) in [6.45, 7) is 26.4. The van der Waals surface area contributed by atoms with Crippen LogP contribution in [0.5, 0.6) is 0 Å². The lowest BCUT2D eigenvalue weighted by molar-refractivity contribution is -0.445. The normalized spacial score (nSPS) is 9.62. The van der Waals surface area contributed by atoms with Crippen LogP contribution in [0, 0.1) is 24.0 Å². The second-order valence-electron chi connectivity index (χ2n) is 8.02. The van der Waals surface area contributed by atoms with Gasteiger partial charge in [-0.1, -0.05) is 39.8 Å². The summed E-state index contributed by atoms with van der Waals surface area (Å²) in [7, 11) is 0.889. The second-order valence-corrected chi connectivity index (χ2v) is 8.02. The Bertz CT molecular complexity index is 616. The Kier molecular flexibility index (Phi) is 26.9.